The summed E-state index contributed by atoms with van der Waals surface area (Å²) in [6.45, 7) is 2.97. The third-order valence-electron chi connectivity index (χ3n) is 6.18. The lowest BCUT2D eigenvalue weighted by atomic mass is 9.83. The van der Waals surface area contributed by atoms with Gasteiger partial charge in [-0.25, -0.2) is 0 Å². The molecule has 2 aromatic rings. The molecule has 0 amide bonds. The molecule has 0 spiro atoms. The quantitative estimate of drug-likeness (QED) is 0.587. The van der Waals surface area contributed by atoms with Crippen LogP contribution in [0.3, 0.4) is 0 Å². The highest BCUT2D eigenvalue weighted by atomic mass is 32.1. The number of benzene rings is 1. The van der Waals surface area contributed by atoms with Gasteiger partial charge in [-0.1, -0.05) is 36.4 Å². The van der Waals surface area contributed by atoms with Gasteiger partial charge >= 0.3 is 5.97 Å². The van der Waals surface area contributed by atoms with Crippen LogP contribution in [0.2, 0.25) is 0 Å². The molecule has 6 nitrogen and oxygen atoms in total. The number of carbonyl (C=O) groups excluding carboxylic acids is 1. The van der Waals surface area contributed by atoms with E-state index in [2.05, 4.69) is 16.3 Å². The smallest absolute Gasteiger partial charge is 0.306 e. The Morgan fingerprint density at radius 2 is 1.97 bits per heavy atom. The van der Waals surface area contributed by atoms with Gasteiger partial charge in [0.25, 0.3) is 5.56 Å². The number of thiocarbonyl (C=S) groups is 1. The van der Waals surface area contributed by atoms with Crippen LogP contribution in [0.15, 0.2) is 53.3 Å². The minimum absolute atomic E-state index is 0.0137. The number of rotatable bonds is 5. The number of ether oxygens (including phenoxy) is 1. The van der Waals surface area contributed by atoms with E-state index in [0.717, 1.165) is 37.3 Å². The van der Waals surface area contributed by atoms with Gasteiger partial charge in [0.1, 0.15) is 0 Å². The zero-order valence-corrected chi connectivity index (χ0v) is 17.9. The Balaban J connectivity index is 1.42. The van der Waals surface area contributed by atoms with Gasteiger partial charge in [0, 0.05) is 49.8 Å². The molecule has 1 aromatic heterocycles. The molecule has 1 N–H and O–H groups in total. The van der Waals surface area contributed by atoms with Gasteiger partial charge < -0.3 is 19.5 Å². The first-order valence-electron chi connectivity index (χ1n) is 10.4. The number of aromatic nitrogens is 1. The molecular formula is C23H27N3O3S. The van der Waals surface area contributed by atoms with Crippen LogP contribution in [-0.4, -0.2) is 47.3 Å². The fourth-order valence-electron chi connectivity index (χ4n) is 4.70. The fourth-order valence-corrected chi connectivity index (χ4v) is 4.93. The van der Waals surface area contributed by atoms with Gasteiger partial charge in [-0.05, 0) is 36.2 Å². The predicted molar refractivity (Wildman–Crippen MR) is 120 cm³/mol. The van der Waals surface area contributed by atoms with Gasteiger partial charge in [0.15, 0.2) is 5.11 Å². The first-order chi connectivity index (χ1) is 14.5. The average molecular weight is 426 g/mol. The van der Waals surface area contributed by atoms with Crippen LogP contribution in [0.5, 0.6) is 0 Å². The Hall–Kier alpha value is -2.67. The largest absolute Gasteiger partial charge is 0.469 e. The molecule has 0 unspecified atom stereocenters. The number of esters is 1. The maximum atomic E-state index is 12.2. The topological polar surface area (TPSA) is 63.6 Å². The molecule has 2 aliphatic heterocycles. The summed E-state index contributed by atoms with van der Waals surface area (Å²) in [5, 5.41) is 4.10. The molecule has 3 atom stereocenters. The molecule has 1 saturated heterocycles. The Labute approximate surface area is 181 Å². The number of methoxy groups -OCH3 is 1. The van der Waals surface area contributed by atoms with E-state index in [1.807, 2.05) is 41.0 Å². The van der Waals surface area contributed by atoms with Crippen molar-refractivity contribution in [2.45, 2.75) is 31.2 Å². The third-order valence-corrected chi connectivity index (χ3v) is 6.58. The number of hydrogen-bond donors (Lipinski definition) is 1. The number of pyridine rings is 1. The van der Waals surface area contributed by atoms with Crippen LogP contribution in [-0.2, 0) is 16.1 Å². The summed E-state index contributed by atoms with van der Waals surface area (Å²) in [5.41, 5.74) is 2.28. The van der Waals surface area contributed by atoms with Crippen molar-refractivity contribution in [1.29, 1.82) is 0 Å². The molecular weight excluding hydrogens is 398 g/mol. The summed E-state index contributed by atoms with van der Waals surface area (Å²) < 4.78 is 6.81. The molecule has 0 radical (unpaired) electrons. The van der Waals surface area contributed by atoms with Gasteiger partial charge in [-0.2, -0.15) is 0 Å². The molecule has 30 heavy (non-hydrogen) atoms. The second kappa shape index (κ2) is 9.00. The summed E-state index contributed by atoms with van der Waals surface area (Å²) in [4.78, 5) is 26.3. The van der Waals surface area contributed by atoms with Crippen molar-refractivity contribution < 1.29 is 9.53 Å². The SMILES string of the molecule is COC(=O)C[C@H](CNC(=S)N1C[C@@H]2C[C@@H](C1)c1cccc(=O)n1C2)c1ccccc1. The van der Waals surface area contributed by atoms with E-state index < -0.39 is 0 Å². The molecule has 2 bridgehead atoms. The molecule has 0 saturated carbocycles. The molecule has 4 rings (SSSR count). The minimum Gasteiger partial charge on any atom is -0.469 e. The molecule has 2 aliphatic rings. The van der Waals surface area contributed by atoms with Crippen molar-refractivity contribution in [2.24, 2.45) is 5.92 Å². The average Bonchev–Trinajstić information content (AvgIpc) is 2.77. The first-order valence-corrected chi connectivity index (χ1v) is 10.8. The minimum atomic E-state index is -0.230. The van der Waals surface area contributed by atoms with E-state index in [1.165, 1.54) is 7.11 Å². The molecule has 3 heterocycles. The number of hydrogen-bond acceptors (Lipinski definition) is 4. The van der Waals surface area contributed by atoms with Crippen LogP contribution in [0.25, 0.3) is 0 Å². The van der Waals surface area contributed by atoms with Crippen molar-refractivity contribution in [2.75, 3.05) is 26.7 Å². The third kappa shape index (κ3) is 4.41. The molecule has 0 aliphatic carbocycles. The fraction of sp³-hybridized carbons (Fsp3) is 0.435. The Kier molecular flexibility index (Phi) is 6.18. The summed E-state index contributed by atoms with van der Waals surface area (Å²) >= 11 is 5.72. The Morgan fingerprint density at radius 1 is 1.17 bits per heavy atom. The highest BCUT2D eigenvalue weighted by molar-refractivity contribution is 7.80. The van der Waals surface area contributed by atoms with Gasteiger partial charge in [0.05, 0.1) is 13.5 Å². The van der Waals surface area contributed by atoms with Crippen molar-refractivity contribution in [1.82, 2.24) is 14.8 Å². The number of fused-ring (bicyclic) bond motifs is 4. The number of likely N-dealkylation sites (tertiary alicyclic amines) is 1. The standard InChI is InChI=1S/C23H27N3O3S/c1-29-22(28)11-18(17-6-3-2-4-7-17)12-24-23(30)25-13-16-10-19(15-25)20-8-5-9-21(27)26(20)14-16/h2-9,16,18-19H,10-15H2,1H3,(H,24,30)/t16-,18+,19-/m0/s1. The van der Waals surface area contributed by atoms with E-state index in [-0.39, 0.29) is 17.4 Å². The Bertz CT molecular complexity index is 975. The van der Waals surface area contributed by atoms with E-state index in [4.69, 9.17) is 17.0 Å². The number of nitrogens with one attached hydrogen (secondary N) is 1. The summed E-state index contributed by atoms with van der Waals surface area (Å²) in [7, 11) is 1.41. The normalized spacial score (nSPS) is 20.8. The van der Waals surface area contributed by atoms with E-state index in [1.54, 1.807) is 6.07 Å². The van der Waals surface area contributed by atoms with Crippen LogP contribution in [0, 0.1) is 5.92 Å². The van der Waals surface area contributed by atoms with E-state index >= 15 is 0 Å². The lowest BCUT2D eigenvalue weighted by molar-refractivity contribution is -0.141. The van der Waals surface area contributed by atoms with Crippen LogP contribution in [0.4, 0.5) is 0 Å². The molecule has 7 heteroatoms. The monoisotopic (exact) mass is 425 g/mol. The van der Waals surface area contributed by atoms with Crippen molar-refractivity contribution in [3.05, 3.63) is 70.1 Å². The second-order valence-corrected chi connectivity index (χ2v) is 8.56. The van der Waals surface area contributed by atoms with Crippen LogP contribution >= 0.6 is 12.2 Å². The summed E-state index contributed by atoms with van der Waals surface area (Å²) in [6.07, 6.45) is 1.40. The zero-order valence-electron chi connectivity index (χ0n) is 17.1. The van der Waals surface area contributed by atoms with Crippen molar-refractivity contribution in [3.8, 4) is 0 Å². The highest BCUT2D eigenvalue weighted by Crippen LogP contribution is 2.35. The van der Waals surface area contributed by atoms with E-state index in [9.17, 15) is 9.59 Å². The van der Waals surface area contributed by atoms with Crippen LogP contribution < -0.4 is 10.9 Å². The van der Waals surface area contributed by atoms with E-state index in [0.29, 0.717) is 29.9 Å². The first kappa shape index (κ1) is 20.6. The van der Waals surface area contributed by atoms with Crippen LogP contribution in [0.1, 0.15) is 35.9 Å². The van der Waals surface area contributed by atoms with Crippen molar-refractivity contribution in [3.63, 3.8) is 0 Å². The summed E-state index contributed by atoms with van der Waals surface area (Å²) in [5.74, 6) is 0.480. The maximum absolute atomic E-state index is 12.2. The number of piperidine rings is 1. The lowest BCUT2D eigenvalue weighted by Crippen LogP contribution is -2.52. The maximum Gasteiger partial charge on any atom is 0.306 e. The zero-order chi connectivity index (χ0) is 21.1. The highest BCUT2D eigenvalue weighted by Gasteiger charge is 2.35. The van der Waals surface area contributed by atoms with Gasteiger partial charge in [0.2, 0.25) is 0 Å². The number of carbonyl (C=O) groups is 1. The molecule has 1 fully saturated rings. The Morgan fingerprint density at radius 3 is 2.73 bits per heavy atom. The molecule has 158 valence electrons. The number of nitrogens with zero attached hydrogens (tertiary/aromatic N) is 2. The van der Waals surface area contributed by atoms with Gasteiger partial charge in [-0.15, -0.1) is 0 Å². The predicted octanol–water partition coefficient (Wildman–Crippen LogP) is 2.49. The van der Waals surface area contributed by atoms with Crippen molar-refractivity contribution >= 4 is 23.3 Å². The lowest BCUT2D eigenvalue weighted by Gasteiger charge is -2.43. The molecule has 1 aromatic carbocycles. The van der Waals surface area contributed by atoms with Gasteiger partial charge in [-0.3, -0.25) is 9.59 Å². The second-order valence-electron chi connectivity index (χ2n) is 8.18. The summed E-state index contributed by atoms with van der Waals surface area (Å²) in [6, 6.07) is 15.5.